The first-order valence-electron chi connectivity index (χ1n) is 7.23. The van der Waals surface area contributed by atoms with Crippen molar-refractivity contribution in [2.75, 3.05) is 6.54 Å². The Balaban J connectivity index is 1.75. The quantitative estimate of drug-likeness (QED) is 0.735. The van der Waals surface area contributed by atoms with Crippen molar-refractivity contribution in [2.24, 2.45) is 0 Å². The van der Waals surface area contributed by atoms with Crippen molar-refractivity contribution in [1.82, 2.24) is 5.32 Å². The molecule has 4 nitrogen and oxygen atoms in total. The van der Waals surface area contributed by atoms with Crippen molar-refractivity contribution in [1.29, 1.82) is 5.41 Å². The second-order valence-corrected chi connectivity index (χ2v) is 6.08. The zero-order valence-electron chi connectivity index (χ0n) is 12.3. The maximum absolute atomic E-state index is 12.3. The largest absolute Gasteiger partial charge is 0.438 e. The summed E-state index contributed by atoms with van der Waals surface area (Å²) in [5.74, 6) is -0.295. The first-order valence-corrected chi connectivity index (χ1v) is 8.03. The van der Waals surface area contributed by atoms with E-state index in [2.05, 4.69) is 21.2 Å². The summed E-state index contributed by atoms with van der Waals surface area (Å²) < 4.78 is 6.32. The van der Waals surface area contributed by atoms with E-state index in [1.165, 1.54) is 0 Å². The minimum absolute atomic E-state index is 0.128. The van der Waals surface area contributed by atoms with Crippen LogP contribution in [-0.4, -0.2) is 12.5 Å². The molecule has 0 bridgehead atoms. The number of halogens is 1. The summed E-state index contributed by atoms with van der Waals surface area (Å²) in [4.78, 5) is 12.3. The van der Waals surface area contributed by atoms with Crippen LogP contribution in [0.4, 0.5) is 0 Å². The molecule has 0 radical (unpaired) electrons. The van der Waals surface area contributed by atoms with E-state index < -0.39 is 0 Å². The fraction of sp³-hybridized carbons (Fsp3) is 0.111. The molecular weight excluding hydrogens is 356 g/mol. The van der Waals surface area contributed by atoms with Gasteiger partial charge in [-0.05, 0) is 36.2 Å². The molecular formula is C18H15BrN2O2. The monoisotopic (exact) mass is 370 g/mol. The predicted octanol–water partition coefficient (Wildman–Crippen LogP) is 3.65. The molecule has 0 unspecified atom stereocenters. The third-order valence-corrected chi connectivity index (χ3v) is 4.01. The summed E-state index contributed by atoms with van der Waals surface area (Å²) in [5, 5.41) is 11.5. The molecule has 0 fully saturated rings. The molecule has 2 aromatic carbocycles. The molecule has 2 N–H and O–H groups in total. The summed E-state index contributed by atoms with van der Waals surface area (Å²) in [5.41, 5.74) is 1.85. The van der Waals surface area contributed by atoms with E-state index in [1.807, 2.05) is 42.5 Å². The van der Waals surface area contributed by atoms with Gasteiger partial charge in [-0.3, -0.25) is 10.2 Å². The number of carbonyl (C=O) groups excluding carboxylic acids is 1. The van der Waals surface area contributed by atoms with Gasteiger partial charge < -0.3 is 9.73 Å². The standard InChI is InChI=1S/C18H15BrN2O2/c19-14-6-7-16-13(10-14)11-15(17(20)23-16)18(22)21-9-8-12-4-2-1-3-5-12/h1-7,10-11,20H,8-9H2,(H,21,22). The number of fused-ring (bicyclic) bond motifs is 1. The summed E-state index contributed by atoms with van der Waals surface area (Å²) in [6.45, 7) is 0.513. The number of hydrogen-bond acceptors (Lipinski definition) is 3. The second kappa shape index (κ2) is 6.79. The molecule has 3 rings (SSSR count). The Kier molecular flexibility index (Phi) is 4.57. The normalized spacial score (nSPS) is 10.7. The number of nitrogens with one attached hydrogen (secondary N) is 2. The molecule has 1 heterocycles. The molecule has 3 aromatic rings. The Bertz CT molecular complexity index is 904. The van der Waals surface area contributed by atoms with Crippen molar-refractivity contribution in [3.63, 3.8) is 0 Å². The second-order valence-electron chi connectivity index (χ2n) is 5.16. The van der Waals surface area contributed by atoms with Gasteiger partial charge in [-0.25, -0.2) is 0 Å². The lowest BCUT2D eigenvalue weighted by Gasteiger charge is -2.06. The lowest BCUT2D eigenvalue weighted by molar-refractivity contribution is 0.0950. The van der Waals surface area contributed by atoms with Crippen LogP contribution in [0, 0.1) is 5.41 Å². The highest BCUT2D eigenvalue weighted by Gasteiger charge is 2.11. The van der Waals surface area contributed by atoms with E-state index in [1.54, 1.807) is 12.1 Å². The number of amides is 1. The van der Waals surface area contributed by atoms with Crippen LogP contribution in [0.5, 0.6) is 0 Å². The molecule has 0 spiro atoms. The summed E-state index contributed by atoms with van der Waals surface area (Å²) >= 11 is 3.39. The van der Waals surface area contributed by atoms with Gasteiger partial charge in [0.2, 0.25) is 5.55 Å². The third kappa shape index (κ3) is 3.68. The smallest absolute Gasteiger partial charge is 0.256 e. The highest BCUT2D eigenvalue weighted by atomic mass is 79.9. The number of carbonyl (C=O) groups is 1. The van der Waals surface area contributed by atoms with Gasteiger partial charge in [0.05, 0.1) is 0 Å². The maximum Gasteiger partial charge on any atom is 0.256 e. The number of rotatable bonds is 4. The van der Waals surface area contributed by atoms with E-state index in [4.69, 9.17) is 9.83 Å². The summed E-state index contributed by atoms with van der Waals surface area (Å²) in [6.07, 6.45) is 0.746. The Labute approximate surface area is 141 Å². The van der Waals surface area contributed by atoms with Crippen LogP contribution < -0.4 is 10.9 Å². The Morgan fingerprint density at radius 2 is 1.91 bits per heavy atom. The van der Waals surface area contributed by atoms with Crippen LogP contribution >= 0.6 is 15.9 Å². The SMILES string of the molecule is N=c1oc2ccc(Br)cc2cc1C(=O)NCCc1ccccc1. The average molecular weight is 371 g/mol. The van der Waals surface area contributed by atoms with Crippen LogP contribution in [-0.2, 0) is 6.42 Å². The van der Waals surface area contributed by atoms with Gasteiger partial charge in [0.15, 0.2) is 0 Å². The third-order valence-electron chi connectivity index (χ3n) is 3.52. The molecule has 0 aliphatic heterocycles. The lowest BCUT2D eigenvalue weighted by atomic mass is 10.1. The molecule has 5 heteroatoms. The van der Waals surface area contributed by atoms with Gasteiger partial charge in [-0.2, -0.15) is 0 Å². The first-order chi connectivity index (χ1) is 11.1. The number of hydrogen-bond donors (Lipinski definition) is 2. The molecule has 0 aliphatic rings. The zero-order chi connectivity index (χ0) is 16.2. The molecule has 0 aliphatic carbocycles. The van der Waals surface area contributed by atoms with Crippen molar-refractivity contribution in [3.05, 3.63) is 75.8 Å². The van der Waals surface area contributed by atoms with Crippen LogP contribution in [0.3, 0.4) is 0 Å². The van der Waals surface area contributed by atoms with Gasteiger partial charge >= 0.3 is 0 Å². The minimum Gasteiger partial charge on any atom is -0.438 e. The van der Waals surface area contributed by atoms with E-state index in [0.717, 1.165) is 21.8 Å². The van der Waals surface area contributed by atoms with Gasteiger partial charge in [0, 0.05) is 16.4 Å². The van der Waals surface area contributed by atoms with Crippen LogP contribution in [0.15, 0.2) is 63.5 Å². The molecule has 0 saturated carbocycles. The van der Waals surface area contributed by atoms with Crippen LogP contribution in [0.2, 0.25) is 0 Å². The molecule has 1 aromatic heterocycles. The fourth-order valence-electron chi connectivity index (χ4n) is 2.34. The molecule has 23 heavy (non-hydrogen) atoms. The lowest BCUT2D eigenvalue weighted by Crippen LogP contribution is -2.29. The predicted molar refractivity (Wildman–Crippen MR) is 92.2 cm³/mol. The topological polar surface area (TPSA) is 66.1 Å². The molecule has 1 amide bonds. The zero-order valence-corrected chi connectivity index (χ0v) is 13.9. The summed E-state index contributed by atoms with van der Waals surface area (Å²) in [7, 11) is 0. The van der Waals surface area contributed by atoms with Gasteiger partial charge in [-0.15, -0.1) is 0 Å². The van der Waals surface area contributed by atoms with E-state index in [9.17, 15) is 4.79 Å². The van der Waals surface area contributed by atoms with E-state index in [0.29, 0.717) is 12.1 Å². The van der Waals surface area contributed by atoms with Crippen molar-refractivity contribution in [2.45, 2.75) is 6.42 Å². The fourth-order valence-corrected chi connectivity index (χ4v) is 2.72. The Hall–Kier alpha value is -2.40. The van der Waals surface area contributed by atoms with E-state index in [-0.39, 0.29) is 17.0 Å². The van der Waals surface area contributed by atoms with Crippen LogP contribution in [0.1, 0.15) is 15.9 Å². The van der Waals surface area contributed by atoms with Crippen molar-refractivity contribution >= 4 is 32.8 Å². The minimum atomic E-state index is -0.295. The van der Waals surface area contributed by atoms with E-state index >= 15 is 0 Å². The Morgan fingerprint density at radius 3 is 2.70 bits per heavy atom. The maximum atomic E-state index is 12.3. The average Bonchev–Trinajstić information content (AvgIpc) is 2.55. The highest BCUT2D eigenvalue weighted by Crippen LogP contribution is 2.19. The van der Waals surface area contributed by atoms with Gasteiger partial charge in [0.25, 0.3) is 5.91 Å². The van der Waals surface area contributed by atoms with Gasteiger partial charge in [0.1, 0.15) is 11.1 Å². The van der Waals surface area contributed by atoms with Gasteiger partial charge in [-0.1, -0.05) is 46.3 Å². The summed E-state index contributed by atoms with van der Waals surface area (Å²) in [6, 6.07) is 17.1. The molecule has 0 atom stereocenters. The Morgan fingerprint density at radius 1 is 1.13 bits per heavy atom. The number of benzene rings is 2. The van der Waals surface area contributed by atoms with Crippen molar-refractivity contribution < 1.29 is 9.21 Å². The first kappa shape index (κ1) is 15.5. The molecule has 116 valence electrons. The van der Waals surface area contributed by atoms with Crippen molar-refractivity contribution in [3.8, 4) is 0 Å². The highest BCUT2D eigenvalue weighted by molar-refractivity contribution is 9.10. The van der Waals surface area contributed by atoms with Crippen LogP contribution in [0.25, 0.3) is 11.0 Å². The molecule has 0 saturated heterocycles.